The summed E-state index contributed by atoms with van der Waals surface area (Å²) in [6, 6.07) is 11.6. The number of fused-ring (bicyclic) bond motifs is 4. The minimum atomic E-state index is -0.149. The third kappa shape index (κ3) is 1.33. The van der Waals surface area contributed by atoms with E-state index in [1.54, 1.807) is 16.7 Å². The maximum Gasteiger partial charge on any atom is 0.266 e. The van der Waals surface area contributed by atoms with Crippen molar-refractivity contribution in [2.24, 2.45) is 7.05 Å². The molecule has 0 amide bonds. The third-order valence-electron chi connectivity index (χ3n) is 3.87. The van der Waals surface area contributed by atoms with E-state index in [1.165, 1.54) is 6.20 Å². The predicted molar refractivity (Wildman–Crippen MR) is 80.2 cm³/mol. The summed E-state index contributed by atoms with van der Waals surface area (Å²) in [6.45, 7) is 0. The quantitative estimate of drug-likeness (QED) is 0.494. The van der Waals surface area contributed by atoms with Gasteiger partial charge in [-0.1, -0.05) is 12.1 Å². The van der Waals surface area contributed by atoms with Crippen molar-refractivity contribution in [3.63, 3.8) is 0 Å². The van der Waals surface area contributed by atoms with Gasteiger partial charge < -0.3 is 4.57 Å². The number of pyridine rings is 2. The van der Waals surface area contributed by atoms with Gasteiger partial charge in [-0.05, 0) is 18.2 Å². The van der Waals surface area contributed by atoms with Gasteiger partial charge >= 0.3 is 0 Å². The fourth-order valence-electron chi connectivity index (χ4n) is 2.93. The summed E-state index contributed by atoms with van der Waals surface area (Å²) in [5.74, 6) is 0. The molecule has 4 aromatic rings. The van der Waals surface area contributed by atoms with E-state index in [1.807, 2.05) is 35.9 Å². The van der Waals surface area contributed by atoms with Crippen LogP contribution in [0.2, 0.25) is 0 Å². The van der Waals surface area contributed by atoms with E-state index in [4.69, 9.17) is 0 Å². The summed E-state index contributed by atoms with van der Waals surface area (Å²) in [6.07, 6.45) is 3.12. The van der Waals surface area contributed by atoms with Crippen LogP contribution in [-0.2, 0) is 7.05 Å². The number of rotatable bonds is 0. The lowest BCUT2D eigenvalue weighted by Crippen LogP contribution is -2.15. The molecule has 5 nitrogen and oxygen atoms in total. The predicted octanol–water partition coefficient (Wildman–Crippen LogP) is 2.21. The lowest BCUT2D eigenvalue weighted by Gasteiger charge is -2.04. The molecule has 0 saturated heterocycles. The lowest BCUT2D eigenvalue weighted by atomic mass is 10.1. The number of nitrogens with zero attached hydrogens (tertiary/aromatic N) is 4. The number of aryl methyl sites for hydroxylation is 1. The topological polar surface area (TPSA) is 63.1 Å². The van der Waals surface area contributed by atoms with Gasteiger partial charge in [0.1, 0.15) is 17.3 Å². The second-order valence-corrected chi connectivity index (χ2v) is 4.92. The zero-order valence-electron chi connectivity index (χ0n) is 11.2. The van der Waals surface area contributed by atoms with Crippen molar-refractivity contribution in [3.8, 4) is 6.07 Å². The number of imidazole rings is 1. The molecule has 0 saturated carbocycles. The Balaban J connectivity index is 2.50. The molecule has 4 rings (SSSR count). The molecule has 0 radical (unpaired) electrons. The van der Waals surface area contributed by atoms with Gasteiger partial charge in [0.25, 0.3) is 5.56 Å². The van der Waals surface area contributed by atoms with E-state index in [0.29, 0.717) is 22.0 Å². The van der Waals surface area contributed by atoms with E-state index in [2.05, 4.69) is 11.1 Å². The highest BCUT2D eigenvalue weighted by Crippen LogP contribution is 2.25. The second-order valence-electron chi connectivity index (χ2n) is 4.92. The molecule has 0 fully saturated rings. The molecule has 1 aromatic carbocycles. The van der Waals surface area contributed by atoms with E-state index < -0.39 is 0 Å². The van der Waals surface area contributed by atoms with Crippen LogP contribution in [0.5, 0.6) is 0 Å². The minimum absolute atomic E-state index is 0.149. The summed E-state index contributed by atoms with van der Waals surface area (Å²) in [5.41, 5.74) is 2.66. The minimum Gasteiger partial charge on any atom is -0.328 e. The first-order valence-corrected chi connectivity index (χ1v) is 6.50. The maximum atomic E-state index is 12.8. The summed E-state index contributed by atoms with van der Waals surface area (Å²) < 4.78 is 3.48. The smallest absolute Gasteiger partial charge is 0.266 e. The molecule has 3 aromatic heterocycles. The van der Waals surface area contributed by atoms with Crippen LogP contribution in [0.1, 0.15) is 5.56 Å². The third-order valence-corrected chi connectivity index (χ3v) is 3.87. The SMILES string of the molecule is Cn1c2ccccc2n2c(=O)c3cnccc3c(C#N)c12. The van der Waals surface area contributed by atoms with Crippen molar-refractivity contribution in [2.45, 2.75) is 0 Å². The molecule has 0 aliphatic carbocycles. The molecule has 0 bridgehead atoms. The van der Waals surface area contributed by atoms with Gasteiger partial charge in [0.15, 0.2) is 0 Å². The fourth-order valence-corrected chi connectivity index (χ4v) is 2.93. The van der Waals surface area contributed by atoms with E-state index >= 15 is 0 Å². The van der Waals surface area contributed by atoms with E-state index in [0.717, 1.165) is 11.0 Å². The monoisotopic (exact) mass is 274 g/mol. The van der Waals surface area contributed by atoms with Gasteiger partial charge in [0, 0.05) is 24.8 Å². The molecule has 0 aliphatic heterocycles. The number of nitriles is 1. The van der Waals surface area contributed by atoms with Crippen LogP contribution in [0.15, 0.2) is 47.5 Å². The number of hydrogen-bond acceptors (Lipinski definition) is 3. The second kappa shape index (κ2) is 3.93. The highest BCUT2D eigenvalue weighted by molar-refractivity contribution is 5.95. The van der Waals surface area contributed by atoms with Crippen LogP contribution in [-0.4, -0.2) is 14.0 Å². The van der Waals surface area contributed by atoms with Crippen LogP contribution in [0.3, 0.4) is 0 Å². The Bertz CT molecular complexity index is 1130. The average Bonchev–Trinajstić information content (AvgIpc) is 2.82. The molecular weight excluding hydrogens is 264 g/mol. The van der Waals surface area contributed by atoms with Crippen molar-refractivity contribution >= 4 is 27.5 Å². The zero-order chi connectivity index (χ0) is 14.6. The molecular formula is C16H10N4O. The van der Waals surface area contributed by atoms with E-state index in [-0.39, 0.29) is 5.56 Å². The first-order chi connectivity index (χ1) is 10.2. The van der Waals surface area contributed by atoms with Crippen LogP contribution in [0, 0.1) is 11.3 Å². The Hall–Kier alpha value is -3.13. The van der Waals surface area contributed by atoms with Gasteiger partial charge in [0.05, 0.1) is 16.4 Å². The Morgan fingerprint density at radius 2 is 1.90 bits per heavy atom. The van der Waals surface area contributed by atoms with Crippen LogP contribution in [0.25, 0.3) is 27.5 Å². The molecule has 3 heterocycles. The number of aromatic nitrogens is 3. The maximum absolute atomic E-state index is 12.8. The Morgan fingerprint density at radius 3 is 2.67 bits per heavy atom. The summed E-state index contributed by atoms with van der Waals surface area (Å²) in [5, 5.41) is 10.7. The molecule has 5 heteroatoms. The fraction of sp³-hybridized carbons (Fsp3) is 0.0625. The standard InChI is InChI=1S/C16H10N4O/c1-19-13-4-2-3-5-14(13)20-15(19)11(8-17)10-6-7-18-9-12(10)16(20)21/h2-7,9H,1H3. The number of para-hydroxylation sites is 2. The van der Waals surface area contributed by atoms with Crippen molar-refractivity contribution in [2.75, 3.05) is 0 Å². The normalized spacial score (nSPS) is 11.2. The Kier molecular flexibility index (Phi) is 2.19. The van der Waals surface area contributed by atoms with Crippen molar-refractivity contribution in [1.29, 1.82) is 5.26 Å². The molecule has 0 aliphatic rings. The molecule has 0 N–H and O–H groups in total. The van der Waals surface area contributed by atoms with Gasteiger partial charge in [-0.15, -0.1) is 0 Å². The molecule has 0 atom stereocenters. The van der Waals surface area contributed by atoms with Gasteiger partial charge in [-0.25, -0.2) is 0 Å². The molecule has 21 heavy (non-hydrogen) atoms. The first kappa shape index (κ1) is 11.7. The van der Waals surface area contributed by atoms with Crippen molar-refractivity contribution in [1.82, 2.24) is 14.0 Å². The zero-order valence-corrected chi connectivity index (χ0v) is 11.2. The largest absolute Gasteiger partial charge is 0.328 e. The van der Waals surface area contributed by atoms with E-state index in [9.17, 15) is 10.1 Å². The summed E-state index contributed by atoms with van der Waals surface area (Å²) in [7, 11) is 1.87. The summed E-state index contributed by atoms with van der Waals surface area (Å²) in [4.78, 5) is 16.8. The average molecular weight is 274 g/mol. The number of benzene rings is 1. The lowest BCUT2D eigenvalue weighted by molar-refractivity contribution is 0.977. The highest BCUT2D eigenvalue weighted by atomic mass is 16.1. The van der Waals surface area contributed by atoms with Gasteiger partial charge in [0.2, 0.25) is 0 Å². The molecule has 0 unspecified atom stereocenters. The Morgan fingerprint density at radius 1 is 1.14 bits per heavy atom. The van der Waals surface area contributed by atoms with Crippen LogP contribution in [0.4, 0.5) is 0 Å². The first-order valence-electron chi connectivity index (χ1n) is 6.50. The molecule has 0 spiro atoms. The van der Waals surface area contributed by atoms with Crippen molar-refractivity contribution < 1.29 is 0 Å². The van der Waals surface area contributed by atoms with Crippen LogP contribution < -0.4 is 5.56 Å². The summed E-state index contributed by atoms with van der Waals surface area (Å²) >= 11 is 0. The van der Waals surface area contributed by atoms with Gasteiger partial charge in [-0.3, -0.25) is 14.2 Å². The highest BCUT2D eigenvalue weighted by Gasteiger charge is 2.17. The molecule has 100 valence electrons. The van der Waals surface area contributed by atoms with Gasteiger partial charge in [-0.2, -0.15) is 5.26 Å². The van der Waals surface area contributed by atoms with Crippen LogP contribution >= 0.6 is 0 Å². The van der Waals surface area contributed by atoms with Crippen molar-refractivity contribution in [3.05, 3.63) is 58.6 Å². The Labute approximate surface area is 119 Å². The number of hydrogen-bond donors (Lipinski definition) is 0.